The number of hydrogen-bond acceptors (Lipinski definition) is 3. The SMILES string of the molecule is CCCCCCCC1CCC(C2CCC(C(=O)Oc3ccc(OC)cc3)CC2)CC1. The Labute approximate surface area is 183 Å². The monoisotopic (exact) mass is 414 g/mol. The molecule has 2 saturated carbocycles. The summed E-state index contributed by atoms with van der Waals surface area (Å²) in [6.45, 7) is 2.29. The second kappa shape index (κ2) is 12.4. The van der Waals surface area contributed by atoms with Crippen molar-refractivity contribution >= 4 is 5.97 Å². The molecule has 0 aromatic heterocycles. The van der Waals surface area contributed by atoms with Crippen molar-refractivity contribution in [2.75, 3.05) is 7.11 Å². The van der Waals surface area contributed by atoms with Crippen LogP contribution in [0.3, 0.4) is 0 Å². The fourth-order valence-electron chi connectivity index (χ4n) is 5.65. The second-order valence-electron chi connectivity index (χ2n) is 9.69. The van der Waals surface area contributed by atoms with Crippen molar-refractivity contribution in [3.63, 3.8) is 0 Å². The zero-order valence-corrected chi connectivity index (χ0v) is 19.2. The minimum atomic E-state index is -0.0506. The van der Waals surface area contributed by atoms with Gasteiger partial charge in [-0.2, -0.15) is 0 Å². The lowest BCUT2D eigenvalue weighted by atomic mass is 9.68. The first kappa shape index (κ1) is 23.2. The summed E-state index contributed by atoms with van der Waals surface area (Å²) in [5.74, 6) is 4.14. The van der Waals surface area contributed by atoms with Gasteiger partial charge in [-0.1, -0.05) is 58.3 Å². The molecule has 0 bridgehead atoms. The molecule has 3 heteroatoms. The lowest BCUT2D eigenvalue weighted by Crippen LogP contribution is -2.30. The first-order valence-corrected chi connectivity index (χ1v) is 12.5. The lowest BCUT2D eigenvalue weighted by Gasteiger charge is -2.37. The van der Waals surface area contributed by atoms with Crippen molar-refractivity contribution in [1.82, 2.24) is 0 Å². The lowest BCUT2D eigenvalue weighted by molar-refractivity contribution is -0.140. The maximum atomic E-state index is 12.6. The van der Waals surface area contributed by atoms with Gasteiger partial charge in [-0.3, -0.25) is 4.79 Å². The van der Waals surface area contributed by atoms with Crippen LogP contribution in [0.4, 0.5) is 0 Å². The molecule has 3 nitrogen and oxygen atoms in total. The van der Waals surface area contributed by atoms with Gasteiger partial charge < -0.3 is 9.47 Å². The summed E-state index contributed by atoms with van der Waals surface area (Å²) in [5.41, 5.74) is 0. The highest BCUT2D eigenvalue weighted by Gasteiger charge is 2.33. The summed E-state index contributed by atoms with van der Waals surface area (Å²) in [4.78, 5) is 12.6. The molecular weight excluding hydrogens is 372 g/mol. The number of hydrogen-bond donors (Lipinski definition) is 0. The molecule has 0 heterocycles. The Bertz CT molecular complexity index is 608. The normalized spacial score (nSPS) is 26.9. The average Bonchev–Trinajstić information content (AvgIpc) is 2.80. The van der Waals surface area contributed by atoms with E-state index in [2.05, 4.69) is 6.92 Å². The molecule has 0 atom stereocenters. The number of esters is 1. The fourth-order valence-corrected chi connectivity index (χ4v) is 5.65. The molecule has 1 aromatic rings. The van der Waals surface area contributed by atoms with Crippen LogP contribution in [0.1, 0.15) is 96.8 Å². The Morgan fingerprint density at radius 1 is 0.800 bits per heavy atom. The highest BCUT2D eigenvalue weighted by Crippen LogP contribution is 2.42. The first-order valence-electron chi connectivity index (χ1n) is 12.5. The summed E-state index contributed by atoms with van der Waals surface area (Å²) in [7, 11) is 1.64. The van der Waals surface area contributed by atoms with Crippen molar-refractivity contribution in [3.05, 3.63) is 24.3 Å². The van der Waals surface area contributed by atoms with E-state index < -0.39 is 0 Å². The number of benzene rings is 1. The standard InChI is InChI=1S/C27H42O3/c1-3-4-5-6-7-8-21-9-11-22(12-10-21)23-13-15-24(16-14-23)27(28)30-26-19-17-25(29-2)18-20-26/h17-24H,3-16H2,1-2H3. The van der Waals surface area contributed by atoms with E-state index in [1.807, 2.05) is 24.3 Å². The van der Waals surface area contributed by atoms with Crippen LogP contribution in [0.25, 0.3) is 0 Å². The Balaban J connectivity index is 1.33. The van der Waals surface area contributed by atoms with Gasteiger partial charge in [-0.05, 0) is 80.5 Å². The van der Waals surface area contributed by atoms with Crippen LogP contribution in [0.15, 0.2) is 24.3 Å². The molecular formula is C27H42O3. The Morgan fingerprint density at radius 3 is 1.97 bits per heavy atom. The molecule has 0 saturated heterocycles. The van der Waals surface area contributed by atoms with Gasteiger partial charge in [-0.25, -0.2) is 0 Å². The third-order valence-electron chi connectivity index (χ3n) is 7.66. The van der Waals surface area contributed by atoms with E-state index in [1.165, 1.54) is 77.0 Å². The van der Waals surface area contributed by atoms with Crippen LogP contribution < -0.4 is 9.47 Å². The van der Waals surface area contributed by atoms with Crippen molar-refractivity contribution < 1.29 is 14.3 Å². The van der Waals surface area contributed by atoms with Gasteiger partial charge in [0.05, 0.1) is 13.0 Å². The molecule has 0 amide bonds. The van der Waals surface area contributed by atoms with Gasteiger partial charge in [0.25, 0.3) is 0 Å². The molecule has 3 rings (SSSR count). The largest absolute Gasteiger partial charge is 0.497 e. The van der Waals surface area contributed by atoms with E-state index in [-0.39, 0.29) is 11.9 Å². The molecule has 2 aliphatic carbocycles. The zero-order valence-electron chi connectivity index (χ0n) is 19.2. The fraction of sp³-hybridized carbons (Fsp3) is 0.741. The molecule has 0 N–H and O–H groups in total. The van der Waals surface area contributed by atoms with E-state index in [0.717, 1.165) is 36.3 Å². The van der Waals surface area contributed by atoms with Crippen LogP contribution in [0, 0.1) is 23.7 Å². The molecule has 168 valence electrons. The van der Waals surface area contributed by atoms with Gasteiger partial charge >= 0.3 is 5.97 Å². The molecule has 0 radical (unpaired) electrons. The zero-order chi connectivity index (χ0) is 21.2. The second-order valence-corrected chi connectivity index (χ2v) is 9.69. The summed E-state index contributed by atoms with van der Waals surface area (Å²) in [6, 6.07) is 7.29. The number of unbranched alkanes of at least 4 members (excludes halogenated alkanes) is 4. The number of carbonyl (C=O) groups excluding carboxylic acids is 1. The van der Waals surface area contributed by atoms with Crippen LogP contribution in [0.5, 0.6) is 11.5 Å². The summed E-state index contributed by atoms with van der Waals surface area (Å²) in [5, 5.41) is 0. The minimum Gasteiger partial charge on any atom is -0.497 e. The molecule has 30 heavy (non-hydrogen) atoms. The van der Waals surface area contributed by atoms with Gasteiger partial charge in [0, 0.05) is 0 Å². The van der Waals surface area contributed by atoms with Gasteiger partial charge in [0.2, 0.25) is 0 Å². The third kappa shape index (κ3) is 7.03. The van der Waals surface area contributed by atoms with Crippen LogP contribution >= 0.6 is 0 Å². The maximum Gasteiger partial charge on any atom is 0.314 e. The average molecular weight is 415 g/mol. The minimum absolute atomic E-state index is 0.0506. The van der Waals surface area contributed by atoms with Crippen LogP contribution in [-0.2, 0) is 4.79 Å². The van der Waals surface area contributed by atoms with Crippen molar-refractivity contribution in [2.24, 2.45) is 23.7 Å². The van der Waals surface area contributed by atoms with E-state index in [9.17, 15) is 4.79 Å². The van der Waals surface area contributed by atoms with E-state index in [4.69, 9.17) is 9.47 Å². The van der Waals surface area contributed by atoms with Gasteiger partial charge in [0.15, 0.2) is 0 Å². The Morgan fingerprint density at radius 2 is 1.37 bits per heavy atom. The Hall–Kier alpha value is -1.51. The first-order chi connectivity index (χ1) is 14.7. The van der Waals surface area contributed by atoms with E-state index in [0.29, 0.717) is 5.75 Å². The number of ether oxygens (including phenoxy) is 2. The number of carbonyl (C=O) groups is 1. The van der Waals surface area contributed by atoms with Crippen molar-refractivity contribution in [3.8, 4) is 11.5 Å². The van der Waals surface area contributed by atoms with Crippen molar-refractivity contribution in [2.45, 2.75) is 96.8 Å². The quantitative estimate of drug-likeness (QED) is 0.225. The highest BCUT2D eigenvalue weighted by atomic mass is 16.5. The predicted octanol–water partition coefficient (Wildman–Crippen LogP) is 7.57. The smallest absolute Gasteiger partial charge is 0.314 e. The van der Waals surface area contributed by atoms with E-state index in [1.54, 1.807) is 7.11 Å². The summed E-state index contributed by atoms with van der Waals surface area (Å²) >= 11 is 0. The third-order valence-corrected chi connectivity index (χ3v) is 7.66. The molecule has 2 aliphatic rings. The van der Waals surface area contributed by atoms with Gasteiger partial charge in [-0.15, -0.1) is 0 Å². The van der Waals surface area contributed by atoms with Crippen LogP contribution in [-0.4, -0.2) is 13.1 Å². The molecule has 0 spiro atoms. The van der Waals surface area contributed by atoms with Crippen LogP contribution in [0.2, 0.25) is 0 Å². The summed E-state index contributed by atoms with van der Waals surface area (Å²) in [6.07, 6.45) is 18.6. The topological polar surface area (TPSA) is 35.5 Å². The predicted molar refractivity (Wildman–Crippen MR) is 123 cm³/mol. The maximum absolute atomic E-state index is 12.6. The molecule has 2 fully saturated rings. The van der Waals surface area contributed by atoms with E-state index >= 15 is 0 Å². The number of methoxy groups -OCH3 is 1. The molecule has 0 unspecified atom stereocenters. The Kier molecular flexibility index (Phi) is 9.55. The van der Waals surface area contributed by atoms with Gasteiger partial charge in [0.1, 0.15) is 11.5 Å². The molecule has 0 aliphatic heterocycles. The number of rotatable bonds is 10. The molecule has 1 aromatic carbocycles. The van der Waals surface area contributed by atoms with Crippen molar-refractivity contribution in [1.29, 1.82) is 0 Å². The highest BCUT2D eigenvalue weighted by molar-refractivity contribution is 5.75. The summed E-state index contributed by atoms with van der Waals surface area (Å²) < 4.78 is 10.8.